The number of carbonyl (C=O) groups excluding carboxylic acids is 1. The van der Waals surface area contributed by atoms with Gasteiger partial charge in [-0.15, -0.1) is 25.6 Å². The summed E-state index contributed by atoms with van der Waals surface area (Å²) in [6.45, 7) is 1.47. The second-order valence-electron chi connectivity index (χ2n) is 3.92. The average Bonchev–Trinajstić information content (AvgIpc) is 2.38. The summed E-state index contributed by atoms with van der Waals surface area (Å²) < 4.78 is 58.1. The Hall–Kier alpha value is -1.25. The van der Waals surface area contributed by atoms with Crippen molar-refractivity contribution in [2.75, 3.05) is 6.61 Å². The Morgan fingerprint density at radius 3 is 2.45 bits per heavy atom. The van der Waals surface area contributed by atoms with Gasteiger partial charge in [0.15, 0.2) is 0 Å². The van der Waals surface area contributed by atoms with Crippen LogP contribution in [0.5, 0.6) is 5.75 Å². The highest BCUT2D eigenvalue weighted by atomic mass is 35.5. The number of carbonyl (C=O) groups is 1. The molecule has 0 fully saturated rings. The van der Waals surface area contributed by atoms with E-state index in [0.717, 1.165) is 18.2 Å². The molecule has 0 bridgehead atoms. The van der Waals surface area contributed by atoms with Crippen molar-refractivity contribution in [1.82, 2.24) is 0 Å². The number of esters is 1. The molecule has 1 aromatic rings. The van der Waals surface area contributed by atoms with Gasteiger partial charge in [0, 0.05) is 0 Å². The largest absolute Gasteiger partial charge is 0.573 e. The fourth-order valence-electron chi connectivity index (χ4n) is 1.47. The Morgan fingerprint density at radius 2 is 2.00 bits per heavy atom. The molecule has 0 radical (unpaired) electrons. The first-order valence-electron chi connectivity index (χ1n) is 5.77. The van der Waals surface area contributed by atoms with Gasteiger partial charge in [0.1, 0.15) is 5.75 Å². The minimum absolute atomic E-state index is 0. The van der Waals surface area contributed by atoms with E-state index in [1.165, 1.54) is 6.92 Å². The van der Waals surface area contributed by atoms with Crippen LogP contribution in [-0.4, -0.2) is 25.1 Å². The molecule has 0 heterocycles. The Bertz CT molecular complexity index is 514. The van der Waals surface area contributed by atoms with Gasteiger partial charge in [-0.1, -0.05) is 17.7 Å². The van der Waals surface area contributed by atoms with Crippen LogP contribution in [0.1, 0.15) is 18.5 Å². The summed E-state index contributed by atoms with van der Waals surface area (Å²) in [5.74, 6) is -1.80. The van der Waals surface area contributed by atoms with Gasteiger partial charge in [-0.25, -0.2) is 9.18 Å². The van der Waals surface area contributed by atoms with Crippen LogP contribution in [0.3, 0.4) is 0 Å². The molecule has 0 saturated heterocycles. The maximum absolute atomic E-state index is 13.7. The van der Waals surface area contributed by atoms with Crippen molar-refractivity contribution in [3.05, 3.63) is 28.8 Å². The zero-order valence-electron chi connectivity index (χ0n) is 11.2. The number of hydrogen-bond donors (Lipinski definition) is 1. The molecular formula is C12H13Cl2F4NO3. The second kappa shape index (κ2) is 8.40. The first-order chi connectivity index (χ1) is 9.65. The Balaban J connectivity index is 0.00000441. The number of hydrogen-bond acceptors (Lipinski definition) is 4. The molecule has 2 N–H and O–H groups in total. The van der Waals surface area contributed by atoms with Crippen LogP contribution in [0.25, 0.3) is 0 Å². The molecule has 4 nitrogen and oxygen atoms in total. The molecule has 126 valence electrons. The van der Waals surface area contributed by atoms with Crippen LogP contribution in [0.15, 0.2) is 18.2 Å². The van der Waals surface area contributed by atoms with Crippen LogP contribution in [0.2, 0.25) is 5.02 Å². The lowest BCUT2D eigenvalue weighted by Gasteiger charge is -2.17. The van der Waals surface area contributed by atoms with Crippen molar-refractivity contribution in [2.45, 2.75) is 25.5 Å². The molecule has 0 aliphatic heterocycles. The van der Waals surface area contributed by atoms with Gasteiger partial charge in [-0.3, -0.25) is 0 Å². The summed E-state index contributed by atoms with van der Waals surface area (Å²) in [4.78, 5) is 11.2. The van der Waals surface area contributed by atoms with Gasteiger partial charge in [-0.05, 0) is 24.6 Å². The number of alkyl halides is 4. The van der Waals surface area contributed by atoms with Gasteiger partial charge in [0.2, 0.25) is 6.17 Å². The number of ether oxygens (including phenoxy) is 2. The fraction of sp³-hybridized carbons (Fsp3) is 0.417. The van der Waals surface area contributed by atoms with E-state index >= 15 is 0 Å². The lowest BCUT2D eigenvalue weighted by Crippen LogP contribution is -2.31. The zero-order valence-corrected chi connectivity index (χ0v) is 12.8. The Morgan fingerprint density at radius 1 is 1.41 bits per heavy atom. The highest BCUT2D eigenvalue weighted by Gasteiger charge is 2.33. The van der Waals surface area contributed by atoms with Crippen LogP contribution < -0.4 is 10.5 Å². The fourth-order valence-corrected chi connectivity index (χ4v) is 1.70. The lowest BCUT2D eigenvalue weighted by molar-refractivity contribution is -0.274. The number of rotatable bonds is 5. The highest BCUT2D eigenvalue weighted by Crippen LogP contribution is 2.32. The Labute approximate surface area is 134 Å². The quantitative estimate of drug-likeness (QED) is 0.640. The third kappa shape index (κ3) is 5.86. The van der Waals surface area contributed by atoms with Crippen molar-refractivity contribution >= 4 is 30.0 Å². The summed E-state index contributed by atoms with van der Waals surface area (Å²) >= 11 is 5.61. The minimum atomic E-state index is -4.90. The zero-order chi connectivity index (χ0) is 16.2. The normalized spacial score (nSPS) is 13.8. The number of halogens is 6. The third-order valence-corrected chi connectivity index (χ3v) is 2.69. The van der Waals surface area contributed by atoms with Crippen LogP contribution >= 0.6 is 24.0 Å². The molecule has 1 aromatic carbocycles. The molecule has 0 aliphatic carbocycles. The van der Waals surface area contributed by atoms with Crippen LogP contribution in [-0.2, 0) is 9.53 Å². The van der Waals surface area contributed by atoms with E-state index in [-0.39, 0.29) is 24.6 Å². The first-order valence-corrected chi connectivity index (χ1v) is 6.15. The number of nitrogens with two attached hydrogens (primary N) is 1. The van der Waals surface area contributed by atoms with E-state index in [9.17, 15) is 22.4 Å². The molecular weight excluding hydrogens is 353 g/mol. The predicted molar refractivity (Wildman–Crippen MR) is 73.8 cm³/mol. The van der Waals surface area contributed by atoms with E-state index in [1.807, 2.05) is 0 Å². The molecule has 0 amide bonds. The molecule has 0 aliphatic rings. The monoisotopic (exact) mass is 365 g/mol. The van der Waals surface area contributed by atoms with Gasteiger partial charge in [-0.2, -0.15) is 0 Å². The highest BCUT2D eigenvalue weighted by molar-refractivity contribution is 6.32. The van der Waals surface area contributed by atoms with Crippen LogP contribution in [0.4, 0.5) is 17.6 Å². The van der Waals surface area contributed by atoms with Crippen molar-refractivity contribution in [2.24, 2.45) is 5.73 Å². The van der Waals surface area contributed by atoms with E-state index < -0.39 is 35.3 Å². The summed E-state index contributed by atoms with van der Waals surface area (Å²) in [5.41, 5.74) is 5.56. The second-order valence-corrected chi connectivity index (χ2v) is 4.32. The maximum Gasteiger partial charge on any atom is 0.573 e. The molecule has 0 saturated carbocycles. The van der Waals surface area contributed by atoms with E-state index in [0.29, 0.717) is 0 Å². The molecule has 22 heavy (non-hydrogen) atoms. The first kappa shape index (κ1) is 20.8. The summed E-state index contributed by atoms with van der Waals surface area (Å²) in [7, 11) is 0. The van der Waals surface area contributed by atoms with Gasteiger partial charge in [0.25, 0.3) is 0 Å². The van der Waals surface area contributed by atoms with Crippen molar-refractivity contribution in [3.63, 3.8) is 0 Å². The molecule has 10 heteroatoms. The van der Waals surface area contributed by atoms with Crippen molar-refractivity contribution < 1.29 is 31.8 Å². The van der Waals surface area contributed by atoms with Gasteiger partial charge in [0.05, 0.1) is 17.7 Å². The molecule has 0 aromatic heterocycles. The maximum atomic E-state index is 13.7. The molecule has 1 unspecified atom stereocenters. The summed E-state index contributed by atoms with van der Waals surface area (Å²) in [6, 6.07) is 1.56. The van der Waals surface area contributed by atoms with Gasteiger partial charge >= 0.3 is 12.3 Å². The SMILES string of the molecule is CCOC(=O)C(F)[C@H](N)c1ccc(OC(F)(F)F)c(Cl)c1.Cl. The topological polar surface area (TPSA) is 61.5 Å². The van der Waals surface area contributed by atoms with E-state index in [4.69, 9.17) is 17.3 Å². The standard InChI is InChI=1S/C12H12ClF4NO3.ClH/c1-2-20-11(19)9(14)10(18)6-3-4-8(7(13)5-6)21-12(15,16)17;/h3-5,9-10H,2,18H2,1H3;1H/t9?,10-;/m1./s1. The summed E-state index contributed by atoms with van der Waals surface area (Å²) in [6.07, 6.45) is -7.06. The molecule has 1 rings (SSSR count). The van der Waals surface area contributed by atoms with Crippen LogP contribution in [0, 0.1) is 0 Å². The van der Waals surface area contributed by atoms with E-state index in [2.05, 4.69) is 9.47 Å². The Kier molecular flexibility index (Phi) is 7.92. The average molecular weight is 366 g/mol. The van der Waals surface area contributed by atoms with E-state index in [1.54, 1.807) is 0 Å². The minimum Gasteiger partial charge on any atom is -0.464 e. The molecule has 0 spiro atoms. The summed E-state index contributed by atoms with van der Waals surface area (Å²) in [5, 5.41) is -0.406. The van der Waals surface area contributed by atoms with Gasteiger partial charge < -0.3 is 15.2 Å². The van der Waals surface area contributed by atoms with Crippen molar-refractivity contribution in [1.29, 1.82) is 0 Å². The smallest absolute Gasteiger partial charge is 0.464 e. The van der Waals surface area contributed by atoms with Crippen molar-refractivity contribution in [3.8, 4) is 5.75 Å². The molecule has 2 atom stereocenters. The third-order valence-electron chi connectivity index (χ3n) is 2.39. The number of benzene rings is 1. The predicted octanol–water partition coefficient (Wildman–Crippen LogP) is 3.56. The lowest BCUT2D eigenvalue weighted by atomic mass is 10.0.